The van der Waals surface area contributed by atoms with Crippen molar-refractivity contribution in [2.24, 2.45) is 0 Å². The van der Waals surface area contributed by atoms with Gasteiger partial charge in [-0.25, -0.2) is 4.98 Å². The minimum absolute atomic E-state index is 0.204. The number of carbonyl (C=O) groups excluding carboxylic acids is 1. The van der Waals surface area contributed by atoms with Gasteiger partial charge < -0.3 is 19.0 Å². The van der Waals surface area contributed by atoms with Crippen molar-refractivity contribution < 1.29 is 13.9 Å². The SMILES string of the molecule is Cc1cc(OCCn2c(CCCNC(=O)c3ccco3)nc3ccccc32)ccc1Cl. The van der Waals surface area contributed by atoms with E-state index in [1.807, 2.05) is 43.3 Å². The number of nitrogens with zero attached hydrogens (tertiary/aromatic N) is 2. The van der Waals surface area contributed by atoms with Crippen LogP contribution in [0.2, 0.25) is 5.02 Å². The van der Waals surface area contributed by atoms with Gasteiger partial charge in [-0.1, -0.05) is 23.7 Å². The van der Waals surface area contributed by atoms with Crippen LogP contribution in [0.5, 0.6) is 5.75 Å². The molecule has 1 amide bonds. The number of halogens is 1. The molecule has 0 atom stereocenters. The number of aryl methyl sites for hydroxylation is 2. The number of amides is 1. The standard InChI is InChI=1S/C24H24ClN3O3/c1-17-16-18(10-11-19(17)25)30-15-13-28-21-7-3-2-6-20(21)27-23(28)9-4-12-26-24(29)22-8-5-14-31-22/h2-3,5-8,10-11,14,16H,4,9,12-13,15H2,1H3,(H,26,29). The fraction of sp³-hybridized carbons (Fsp3) is 0.250. The van der Waals surface area contributed by atoms with Crippen molar-refractivity contribution in [2.75, 3.05) is 13.2 Å². The Morgan fingerprint density at radius 2 is 2.06 bits per heavy atom. The van der Waals surface area contributed by atoms with Gasteiger partial charge in [0.05, 0.1) is 23.8 Å². The first-order valence-corrected chi connectivity index (χ1v) is 10.6. The Labute approximate surface area is 185 Å². The Balaban J connectivity index is 1.38. The lowest BCUT2D eigenvalue weighted by molar-refractivity contribution is 0.0925. The number of para-hydroxylation sites is 2. The summed E-state index contributed by atoms with van der Waals surface area (Å²) < 4.78 is 13.2. The third kappa shape index (κ3) is 5.09. The van der Waals surface area contributed by atoms with Crippen LogP contribution in [-0.4, -0.2) is 28.6 Å². The van der Waals surface area contributed by atoms with Gasteiger partial charge in [-0.2, -0.15) is 0 Å². The van der Waals surface area contributed by atoms with Gasteiger partial charge in [0.15, 0.2) is 5.76 Å². The highest BCUT2D eigenvalue weighted by molar-refractivity contribution is 6.31. The Bertz CT molecular complexity index is 1170. The van der Waals surface area contributed by atoms with Gasteiger partial charge in [-0.15, -0.1) is 0 Å². The summed E-state index contributed by atoms with van der Waals surface area (Å²) in [7, 11) is 0. The lowest BCUT2D eigenvalue weighted by Gasteiger charge is -2.12. The molecule has 0 aliphatic rings. The van der Waals surface area contributed by atoms with Crippen molar-refractivity contribution in [3.8, 4) is 5.75 Å². The molecule has 2 aromatic heterocycles. The van der Waals surface area contributed by atoms with Gasteiger partial charge in [0.1, 0.15) is 18.2 Å². The predicted molar refractivity (Wildman–Crippen MR) is 121 cm³/mol. The quantitative estimate of drug-likeness (QED) is 0.373. The Hall–Kier alpha value is -3.25. The van der Waals surface area contributed by atoms with E-state index < -0.39 is 0 Å². The number of fused-ring (bicyclic) bond motifs is 1. The number of ether oxygens (including phenoxy) is 1. The molecule has 0 saturated heterocycles. The van der Waals surface area contributed by atoms with E-state index in [1.165, 1.54) is 6.26 Å². The molecule has 7 heteroatoms. The van der Waals surface area contributed by atoms with Crippen molar-refractivity contribution in [1.29, 1.82) is 0 Å². The third-order valence-electron chi connectivity index (χ3n) is 5.05. The largest absolute Gasteiger partial charge is 0.492 e. The predicted octanol–water partition coefficient (Wildman–Crippen LogP) is 5.03. The number of rotatable bonds is 9. The van der Waals surface area contributed by atoms with E-state index in [0.29, 0.717) is 25.5 Å². The molecular weight excluding hydrogens is 414 g/mol. The van der Waals surface area contributed by atoms with E-state index in [4.69, 9.17) is 25.7 Å². The average molecular weight is 438 g/mol. The van der Waals surface area contributed by atoms with Crippen molar-refractivity contribution in [3.05, 3.63) is 83.0 Å². The number of benzene rings is 2. The summed E-state index contributed by atoms with van der Waals surface area (Å²) in [4.78, 5) is 16.8. The first kappa shape index (κ1) is 21.0. The first-order chi connectivity index (χ1) is 15.1. The van der Waals surface area contributed by atoms with Gasteiger partial charge in [-0.05, 0) is 61.4 Å². The maximum absolute atomic E-state index is 12.0. The summed E-state index contributed by atoms with van der Waals surface area (Å²) >= 11 is 6.09. The summed E-state index contributed by atoms with van der Waals surface area (Å²) in [5, 5.41) is 3.61. The summed E-state index contributed by atoms with van der Waals surface area (Å²) in [6, 6.07) is 17.1. The lowest BCUT2D eigenvalue weighted by Crippen LogP contribution is -2.24. The van der Waals surface area contributed by atoms with Crippen LogP contribution in [0.3, 0.4) is 0 Å². The molecule has 31 heavy (non-hydrogen) atoms. The van der Waals surface area contributed by atoms with Crippen molar-refractivity contribution in [2.45, 2.75) is 26.3 Å². The van der Waals surface area contributed by atoms with Crippen LogP contribution in [0.25, 0.3) is 11.0 Å². The maximum atomic E-state index is 12.0. The summed E-state index contributed by atoms with van der Waals surface area (Å²) in [5.74, 6) is 1.89. The van der Waals surface area contributed by atoms with Crippen LogP contribution >= 0.6 is 11.6 Å². The number of aromatic nitrogens is 2. The van der Waals surface area contributed by atoms with Crippen LogP contribution in [0.1, 0.15) is 28.4 Å². The van der Waals surface area contributed by atoms with Gasteiger partial charge in [0.2, 0.25) is 0 Å². The maximum Gasteiger partial charge on any atom is 0.286 e. The Kier molecular flexibility index (Phi) is 6.57. The van der Waals surface area contributed by atoms with Crippen LogP contribution in [0.4, 0.5) is 0 Å². The highest BCUT2D eigenvalue weighted by Gasteiger charge is 2.12. The summed E-state index contributed by atoms with van der Waals surface area (Å²) in [6.45, 7) is 3.70. The number of nitrogens with one attached hydrogen (secondary N) is 1. The molecule has 6 nitrogen and oxygen atoms in total. The molecule has 4 aromatic rings. The van der Waals surface area contributed by atoms with Gasteiger partial charge in [0.25, 0.3) is 5.91 Å². The topological polar surface area (TPSA) is 69.3 Å². The second kappa shape index (κ2) is 9.71. The normalized spacial score (nSPS) is 11.0. The van der Waals surface area contributed by atoms with Gasteiger partial charge in [0, 0.05) is 18.0 Å². The highest BCUT2D eigenvalue weighted by atomic mass is 35.5. The second-order valence-electron chi connectivity index (χ2n) is 7.26. The molecule has 0 aliphatic heterocycles. The fourth-order valence-corrected chi connectivity index (χ4v) is 3.59. The van der Waals surface area contributed by atoms with E-state index >= 15 is 0 Å². The molecule has 0 fully saturated rings. The Morgan fingerprint density at radius 3 is 2.87 bits per heavy atom. The minimum atomic E-state index is -0.204. The van der Waals surface area contributed by atoms with Crippen LogP contribution in [-0.2, 0) is 13.0 Å². The van der Waals surface area contributed by atoms with E-state index in [-0.39, 0.29) is 5.91 Å². The smallest absolute Gasteiger partial charge is 0.286 e. The number of carbonyl (C=O) groups is 1. The molecule has 0 radical (unpaired) electrons. The second-order valence-corrected chi connectivity index (χ2v) is 7.67. The zero-order valence-corrected chi connectivity index (χ0v) is 18.1. The molecule has 0 aliphatic carbocycles. The first-order valence-electron chi connectivity index (χ1n) is 10.3. The molecule has 0 unspecified atom stereocenters. The van der Waals surface area contributed by atoms with Crippen molar-refractivity contribution in [3.63, 3.8) is 0 Å². The Morgan fingerprint density at radius 1 is 1.19 bits per heavy atom. The average Bonchev–Trinajstić information content (AvgIpc) is 3.42. The van der Waals surface area contributed by atoms with Crippen LogP contribution < -0.4 is 10.1 Å². The number of hydrogen-bond donors (Lipinski definition) is 1. The zero-order valence-electron chi connectivity index (χ0n) is 17.3. The summed E-state index contributed by atoms with van der Waals surface area (Å²) in [6.07, 6.45) is 3.00. The monoisotopic (exact) mass is 437 g/mol. The molecule has 2 heterocycles. The van der Waals surface area contributed by atoms with Crippen LogP contribution in [0.15, 0.2) is 65.3 Å². The molecule has 160 valence electrons. The fourth-order valence-electron chi connectivity index (χ4n) is 3.47. The zero-order chi connectivity index (χ0) is 21.6. The van der Waals surface area contributed by atoms with Gasteiger partial charge in [-0.3, -0.25) is 4.79 Å². The number of furan rings is 1. The van der Waals surface area contributed by atoms with E-state index in [2.05, 4.69) is 16.0 Å². The lowest BCUT2D eigenvalue weighted by atomic mass is 10.2. The molecule has 4 rings (SSSR count). The highest BCUT2D eigenvalue weighted by Crippen LogP contribution is 2.22. The third-order valence-corrected chi connectivity index (χ3v) is 5.48. The molecule has 0 bridgehead atoms. The number of hydrogen-bond acceptors (Lipinski definition) is 4. The molecule has 1 N–H and O–H groups in total. The molecule has 0 spiro atoms. The molecular formula is C24H24ClN3O3. The molecule has 2 aromatic carbocycles. The van der Waals surface area contributed by atoms with E-state index in [1.54, 1.807) is 12.1 Å². The molecule has 0 saturated carbocycles. The number of imidazole rings is 1. The summed E-state index contributed by atoms with van der Waals surface area (Å²) in [5.41, 5.74) is 3.02. The van der Waals surface area contributed by atoms with Crippen LogP contribution in [0, 0.1) is 6.92 Å². The minimum Gasteiger partial charge on any atom is -0.492 e. The van der Waals surface area contributed by atoms with Gasteiger partial charge >= 0.3 is 0 Å². The van der Waals surface area contributed by atoms with E-state index in [9.17, 15) is 4.79 Å². The van der Waals surface area contributed by atoms with Crippen molar-refractivity contribution >= 4 is 28.5 Å². The van der Waals surface area contributed by atoms with Crippen molar-refractivity contribution in [1.82, 2.24) is 14.9 Å². The van der Waals surface area contributed by atoms with E-state index in [0.717, 1.165) is 46.0 Å².